The first-order chi connectivity index (χ1) is 10.0. The van der Waals surface area contributed by atoms with Crippen LogP contribution in [0.2, 0.25) is 0 Å². The number of nitrogens with one attached hydrogen (secondary N) is 1. The Morgan fingerprint density at radius 3 is 2.62 bits per heavy atom. The van der Waals surface area contributed by atoms with E-state index in [1.165, 1.54) is 0 Å². The Balaban J connectivity index is 1.93. The van der Waals surface area contributed by atoms with Crippen LogP contribution in [0, 0.1) is 13.8 Å². The van der Waals surface area contributed by atoms with Gasteiger partial charge in [-0.1, -0.05) is 23.8 Å². The first kappa shape index (κ1) is 14.8. The molecule has 0 spiro atoms. The SMILES string of the molecule is Cc1ccc(C)c(CC(=O)N/N=C/c2ccc(O)cc2)c1. The minimum absolute atomic E-state index is 0.154. The summed E-state index contributed by atoms with van der Waals surface area (Å²) >= 11 is 0. The van der Waals surface area contributed by atoms with E-state index >= 15 is 0 Å². The Hall–Kier alpha value is -2.62. The number of hydrazone groups is 1. The van der Waals surface area contributed by atoms with Crippen LogP contribution in [0.4, 0.5) is 0 Å². The normalized spacial score (nSPS) is 10.8. The number of carbonyl (C=O) groups is 1. The minimum Gasteiger partial charge on any atom is -0.508 e. The number of benzene rings is 2. The molecule has 0 aliphatic rings. The van der Waals surface area contributed by atoms with Crippen molar-refractivity contribution in [2.75, 3.05) is 0 Å². The van der Waals surface area contributed by atoms with Gasteiger partial charge in [-0.15, -0.1) is 0 Å². The van der Waals surface area contributed by atoms with Crippen molar-refractivity contribution in [3.63, 3.8) is 0 Å². The molecule has 21 heavy (non-hydrogen) atoms. The van der Waals surface area contributed by atoms with Gasteiger partial charge in [0.25, 0.3) is 0 Å². The summed E-state index contributed by atoms with van der Waals surface area (Å²) in [6.45, 7) is 3.99. The lowest BCUT2D eigenvalue weighted by molar-refractivity contribution is -0.120. The number of aromatic hydroxyl groups is 1. The van der Waals surface area contributed by atoms with Crippen LogP contribution in [0.25, 0.3) is 0 Å². The summed E-state index contributed by atoms with van der Waals surface area (Å²) in [5.41, 5.74) is 6.55. The van der Waals surface area contributed by atoms with Crippen molar-refractivity contribution >= 4 is 12.1 Å². The van der Waals surface area contributed by atoms with Crippen molar-refractivity contribution in [3.05, 3.63) is 64.7 Å². The average molecular weight is 282 g/mol. The summed E-state index contributed by atoms with van der Waals surface area (Å²) in [5.74, 6) is 0.0461. The number of hydrogen-bond donors (Lipinski definition) is 2. The van der Waals surface area contributed by atoms with Gasteiger partial charge in [0.05, 0.1) is 12.6 Å². The lowest BCUT2D eigenvalue weighted by Crippen LogP contribution is -2.20. The summed E-state index contributed by atoms with van der Waals surface area (Å²) in [6, 6.07) is 12.6. The molecule has 0 atom stereocenters. The predicted octanol–water partition coefficient (Wildman–Crippen LogP) is 2.70. The van der Waals surface area contributed by atoms with Crippen LogP contribution in [-0.2, 0) is 11.2 Å². The molecule has 0 aliphatic carbocycles. The first-order valence-electron chi connectivity index (χ1n) is 6.71. The molecule has 0 radical (unpaired) electrons. The highest BCUT2D eigenvalue weighted by Crippen LogP contribution is 2.11. The smallest absolute Gasteiger partial charge is 0.244 e. The maximum absolute atomic E-state index is 11.9. The number of phenolic OH excluding ortho intramolecular Hbond substituents is 1. The fraction of sp³-hybridized carbons (Fsp3) is 0.176. The van der Waals surface area contributed by atoms with E-state index in [1.54, 1.807) is 30.5 Å². The van der Waals surface area contributed by atoms with Gasteiger partial charge in [-0.3, -0.25) is 4.79 Å². The van der Waals surface area contributed by atoms with Crippen LogP contribution in [0.1, 0.15) is 22.3 Å². The number of carbonyl (C=O) groups excluding carboxylic acids is 1. The van der Waals surface area contributed by atoms with E-state index in [4.69, 9.17) is 5.11 Å². The molecule has 4 nitrogen and oxygen atoms in total. The molecule has 0 heterocycles. The lowest BCUT2D eigenvalue weighted by atomic mass is 10.0. The zero-order valence-corrected chi connectivity index (χ0v) is 12.1. The molecule has 1 amide bonds. The first-order valence-corrected chi connectivity index (χ1v) is 6.71. The van der Waals surface area contributed by atoms with E-state index in [-0.39, 0.29) is 11.7 Å². The Bertz CT molecular complexity index is 661. The van der Waals surface area contributed by atoms with Gasteiger partial charge >= 0.3 is 0 Å². The third-order valence-electron chi connectivity index (χ3n) is 3.15. The average Bonchev–Trinajstić information content (AvgIpc) is 2.45. The van der Waals surface area contributed by atoms with E-state index < -0.39 is 0 Å². The van der Waals surface area contributed by atoms with E-state index in [9.17, 15) is 4.79 Å². The van der Waals surface area contributed by atoms with Crippen molar-refractivity contribution in [1.82, 2.24) is 5.43 Å². The number of phenols is 1. The zero-order valence-electron chi connectivity index (χ0n) is 12.1. The van der Waals surface area contributed by atoms with Gasteiger partial charge in [0.15, 0.2) is 0 Å². The molecule has 0 saturated carbocycles. The molecular weight excluding hydrogens is 264 g/mol. The minimum atomic E-state index is -0.154. The van der Waals surface area contributed by atoms with E-state index in [2.05, 4.69) is 10.5 Å². The second kappa shape index (κ2) is 6.70. The van der Waals surface area contributed by atoms with E-state index in [0.29, 0.717) is 6.42 Å². The van der Waals surface area contributed by atoms with Crippen molar-refractivity contribution in [1.29, 1.82) is 0 Å². The number of aryl methyl sites for hydroxylation is 2. The topological polar surface area (TPSA) is 61.7 Å². The van der Waals surface area contributed by atoms with Crippen LogP contribution in [-0.4, -0.2) is 17.2 Å². The lowest BCUT2D eigenvalue weighted by Gasteiger charge is -2.06. The summed E-state index contributed by atoms with van der Waals surface area (Å²) < 4.78 is 0. The van der Waals surface area contributed by atoms with Crippen molar-refractivity contribution in [2.24, 2.45) is 5.10 Å². The third kappa shape index (κ3) is 4.45. The summed E-state index contributed by atoms with van der Waals surface area (Å²) in [5, 5.41) is 13.1. The molecule has 0 aromatic heterocycles. The summed E-state index contributed by atoms with van der Waals surface area (Å²) in [7, 11) is 0. The van der Waals surface area contributed by atoms with Crippen LogP contribution in [0.15, 0.2) is 47.6 Å². The zero-order chi connectivity index (χ0) is 15.2. The summed E-state index contributed by atoms with van der Waals surface area (Å²) in [4.78, 5) is 11.9. The van der Waals surface area contributed by atoms with Gasteiger partial charge in [0, 0.05) is 0 Å². The largest absolute Gasteiger partial charge is 0.508 e. The Kier molecular flexibility index (Phi) is 4.72. The van der Waals surface area contributed by atoms with Gasteiger partial charge in [-0.05, 0) is 54.8 Å². The molecule has 4 heteroatoms. The third-order valence-corrected chi connectivity index (χ3v) is 3.15. The maximum Gasteiger partial charge on any atom is 0.244 e. The number of amides is 1. The Labute approximate surface area is 124 Å². The Morgan fingerprint density at radius 2 is 1.90 bits per heavy atom. The van der Waals surface area contributed by atoms with Gasteiger partial charge in [0.2, 0.25) is 5.91 Å². The molecule has 2 aromatic rings. The van der Waals surface area contributed by atoms with Gasteiger partial charge in [-0.25, -0.2) is 5.43 Å². The number of nitrogens with zero attached hydrogens (tertiary/aromatic N) is 1. The van der Waals surface area contributed by atoms with Crippen LogP contribution in [0.3, 0.4) is 0 Å². The van der Waals surface area contributed by atoms with Gasteiger partial charge in [0.1, 0.15) is 5.75 Å². The number of rotatable bonds is 4. The molecule has 2 N–H and O–H groups in total. The second-order valence-corrected chi connectivity index (χ2v) is 4.99. The quantitative estimate of drug-likeness (QED) is 0.669. The molecular formula is C17H18N2O2. The molecule has 0 fully saturated rings. The van der Waals surface area contributed by atoms with Crippen LogP contribution in [0.5, 0.6) is 5.75 Å². The summed E-state index contributed by atoms with van der Waals surface area (Å²) in [6.07, 6.45) is 1.85. The van der Waals surface area contributed by atoms with Gasteiger partial charge < -0.3 is 5.11 Å². The van der Waals surface area contributed by atoms with Gasteiger partial charge in [-0.2, -0.15) is 5.10 Å². The van der Waals surface area contributed by atoms with E-state index in [0.717, 1.165) is 22.3 Å². The highest BCUT2D eigenvalue weighted by Gasteiger charge is 2.05. The molecule has 0 unspecified atom stereocenters. The molecule has 108 valence electrons. The molecule has 0 saturated heterocycles. The van der Waals surface area contributed by atoms with Crippen LogP contribution < -0.4 is 5.43 Å². The highest BCUT2D eigenvalue weighted by molar-refractivity contribution is 5.83. The predicted molar refractivity (Wildman–Crippen MR) is 83.5 cm³/mol. The van der Waals surface area contributed by atoms with Crippen LogP contribution >= 0.6 is 0 Å². The molecule has 0 aliphatic heterocycles. The second-order valence-electron chi connectivity index (χ2n) is 4.99. The molecule has 2 aromatic carbocycles. The van der Waals surface area contributed by atoms with Crippen molar-refractivity contribution in [2.45, 2.75) is 20.3 Å². The standard InChI is InChI=1S/C17H18N2O2/c1-12-3-4-13(2)15(9-12)10-17(21)19-18-11-14-5-7-16(20)8-6-14/h3-9,11,20H,10H2,1-2H3,(H,19,21)/b18-11+. The monoisotopic (exact) mass is 282 g/mol. The highest BCUT2D eigenvalue weighted by atomic mass is 16.3. The maximum atomic E-state index is 11.9. The van der Waals surface area contributed by atoms with Crippen molar-refractivity contribution < 1.29 is 9.90 Å². The number of hydrogen-bond acceptors (Lipinski definition) is 3. The fourth-order valence-electron chi connectivity index (χ4n) is 1.94. The Morgan fingerprint density at radius 1 is 1.19 bits per heavy atom. The van der Waals surface area contributed by atoms with E-state index in [1.807, 2.05) is 32.0 Å². The molecule has 0 bridgehead atoms. The van der Waals surface area contributed by atoms with Crippen molar-refractivity contribution in [3.8, 4) is 5.75 Å². The fourth-order valence-corrected chi connectivity index (χ4v) is 1.94. The molecule has 2 rings (SSSR count).